The Labute approximate surface area is 171 Å². The van der Waals surface area contributed by atoms with Gasteiger partial charge in [-0.3, -0.25) is 9.59 Å². The number of furan rings is 1. The van der Waals surface area contributed by atoms with Crippen LogP contribution in [0.5, 0.6) is 0 Å². The highest BCUT2D eigenvalue weighted by atomic mass is 32.2. The summed E-state index contributed by atoms with van der Waals surface area (Å²) in [4.78, 5) is 37.1. The molecule has 148 valence electrons. The van der Waals surface area contributed by atoms with Crippen LogP contribution >= 0.6 is 23.1 Å². The van der Waals surface area contributed by atoms with Gasteiger partial charge in [0.05, 0.1) is 25.1 Å². The summed E-state index contributed by atoms with van der Waals surface area (Å²) in [5.41, 5.74) is 1.15. The number of aromatic nitrogens is 2. The monoisotopic (exact) mass is 418 g/mol. The Bertz CT molecular complexity index is 998. The maximum atomic E-state index is 12.5. The molecule has 0 aliphatic heterocycles. The van der Waals surface area contributed by atoms with E-state index in [0.717, 1.165) is 20.8 Å². The number of fused-ring (bicyclic) bond motifs is 1. The standard InChI is InChI=1S/C19H22N4O3S2/c1-11-12(2)28-19-17(11)18(21-13(3)22-19)27-10-16(25)23(4)9-15(24)20-8-14-6-5-7-26-14/h5-7H,8-10H2,1-4H3,(H,20,24). The van der Waals surface area contributed by atoms with Gasteiger partial charge in [0.1, 0.15) is 21.4 Å². The van der Waals surface area contributed by atoms with Crippen molar-refractivity contribution < 1.29 is 14.0 Å². The van der Waals surface area contributed by atoms with Crippen LogP contribution in [0.2, 0.25) is 0 Å². The van der Waals surface area contributed by atoms with Crippen LogP contribution in [0.3, 0.4) is 0 Å². The van der Waals surface area contributed by atoms with Crippen molar-refractivity contribution in [2.75, 3.05) is 19.3 Å². The molecule has 0 radical (unpaired) electrons. The number of hydrogen-bond donors (Lipinski definition) is 1. The third-order valence-electron chi connectivity index (χ3n) is 4.29. The van der Waals surface area contributed by atoms with E-state index in [1.54, 1.807) is 36.8 Å². The van der Waals surface area contributed by atoms with Crippen molar-refractivity contribution in [2.24, 2.45) is 0 Å². The van der Waals surface area contributed by atoms with Gasteiger partial charge < -0.3 is 14.6 Å². The summed E-state index contributed by atoms with van der Waals surface area (Å²) in [7, 11) is 1.62. The lowest BCUT2D eigenvalue weighted by Crippen LogP contribution is -2.38. The van der Waals surface area contributed by atoms with Gasteiger partial charge >= 0.3 is 0 Å². The molecule has 0 spiro atoms. The molecular weight excluding hydrogens is 396 g/mol. The number of aryl methyl sites for hydroxylation is 3. The highest BCUT2D eigenvalue weighted by molar-refractivity contribution is 8.00. The largest absolute Gasteiger partial charge is 0.467 e. The lowest BCUT2D eigenvalue weighted by atomic mass is 10.2. The van der Waals surface area contributed by atoms with Gasteiger partial charge in [0, 0.05) is 17.3 Å². The molecule has 0 aliphatic carbocycles. The minimum absolute atomic E-state index is 0.00506. The summed E-state index contributed by atoms with van der Waals surface area (Å²) < 4.78 is 5.17. The molecule has 9 heteroatoms. The molecule has 28 heavy (non-hydrogen) atoms. The fourth-order valence-corrected chi connectivity index (χ4v) is 4.83. The van der Waals surface area contributed by atoms with Crippen molar-refractivity contribution in [3.8, 4) is 0 Å². The third-order valence-corrected chi connectivity index (χ3v) is 6.35. The lowest BCUT2D eigenvalue weighted by molar-refractivity contribution is -0.132. The molecule has 0 atom stereocenters. The van der Waals surface area contributed by atoms with Crippen molar-refractivity contribution in [3.63, 3.8) is 0 Å². The Balaban J connectivity index is 1.57. The van der Waals surface area contributed by atoms with Crippen LogP contribution in [0.15, 0.2) is 27.8 Å². The first-order valence-electron chi connectivity index (χ1n) is 8.75. The zero-order chi connectivity index (χ0) is 20.3. The number of likely N-dealkylation sites (N-methyl/N-ethyl adjacent to an activating group) is 1. The summed E-state index contributed by atoms with van der Waals surface area (Å²) in [6.45, 7) is 6.26. The van der Waals surface area contributed by atoms with Crippen LogP contribution < -0.4 is 5.32 Å². The number of thioether (sulfide) groups is 1. The van der Waals surface area contributed by atoms with Gasteiger partial charge in [-0.2, -0.15) is 0 Å². The first-order chi connectivity index (χ1) is 13.3. The molecule has 1 N–H and O–H groups in total. The van der Waals surface area contributed by atoms with Crippen molar-refractivity contribution >= 4 is 45.1 Å². The third kappa shape index (κ3) is 4.71. The zero-order valence-electron chi connectivity index (χ0n) is 16.2. The molecule has 0 unspecified atom stereocenters. The van der Waals surface area contributed by atoms with E-state index in [2.05, 4.69) is 22.2 Å². The summed E-state index contributed by atoms with van der Waals surface area (Å²) in [5, 5.41) is 4.57. The second-order valence-corrected chi connectivity index (χ2v) is 8.60. The van der Waals surface area contributed by atoms with Gasteiger partial charge in [-0.05, 0) is 38.5 Å². The van der Waals surface area contributed by atoms with Crippen molar-refractivity contribution in [1.29, 1.82) is 0 Å². The summed E-state index contributed by atoms with van der Waals surface area (Å²) in [5.74, 6) is 1.20. The molecule has 3 heterocycles. The lowest BCUT2D eigenvalue weighted by Gasteiger charge is -2.16. The zero-order valence-corrected chi connectivity index (χ0v) is 17.9. The average Bonchev–Trinajstić information content (AvgIpc) is 3.26. The fourth-order valence-electron chi connectivity index (χ4n) is 2.62. The topological polar surface area (TPSA) is 88.3 Å². The molecule has 7 nitrogen and oxygen atoms in total. The number of thiophene rings is 1. The molecule has 0 fully saturated rings. The van der Waals surface area contributed by atoms with Gasteiger partial charge in [-0.1, -0.05) is 11.8 Å². The smallest absolute Gasteiger partial charge is 0.239 e. The van der Waals surface area contributed by atoms with E-state index < -0.39 is 0 Å². The molecule has 2 amide bonds. The van der Waals surface area contributed by atoms with E-state index in [1.807, 2.05) is 13.8 Å². The van der Waals surface area contributed by atoms with E-state index in [0.29, 0.717) is 18.1 Å². The predicted octanol–water partition coefficient (Wildman–Crippen LogP) is 3.08. The van der Waals surface area contributed by atoms with Gasteiger partial charge in [-0.25, -0.2) is 9.97 Å². The van der Waals surface area contributed by atoms with Crippen molar-refractivity contribution in [3.05, 3.63) is 40.4 Å². The van der Waals surface area contributed by atoms with Crippen LogP contribution in [-0.4, -0.2) is 46.0 Å². The van der Waals surface area contributed by atoms with E-state index >= 15 is 0 Å². The number of amides is 2. The van der Waals surface area contributed by atoms with E-state index in [-0.39, 0.29) is 24.1 Å². The predicted molar refractivity (Wildman–Crippen MR) is 111 cm³/mol. The number of hydrogen-bond acceptors (Lipinski definition) is 7. The van der Waals surface area contributed by atoms with Crippen LogP contribution in [0.1, 0.15) is 22.0 Å². The molecule has 0 saturated carbocycles. The number of nitrogens with zero attached hydrogens (tertiary/aromatic N) is 3. The molecule has 3 aromatic heterocycles. The summed E-state index contributed by atoms with van der Waals surface area (Å²) in [6.07, 6.45) is 1.55. The molecule has 0 saturated heterocycles. The fraction of sp³-hybridized carbons (Fsp3) is 0.368. The molecule has 0 bridgehead atoms. The molecular formula is C19H22N4O3S2. The Kier molecular flexibility index (Phi) is 6.35. The average molecular weight is 419 g/mol. The van der Waals surface area contributed by atoms with Crippen molar-refractivity contribution in [1.82, 2.24) is 20.2 Å². The summed E-state index contributed by atoms with van der Waals surface area (Å²) >= 11 is 3.02. The number of rotatable bonds is 7. The number of carbonyl (C=O) groups excluding carboxylic acids is 2. The number of carbonyl (C=O) groups is 2. The first kappa shape index (κ1) is 20.3. The van der Waals surface area contributed by atoms with Gasteiger partial charge in [-0.15, -0.1) is 11.3 Å². The molecule has 0 aliphatic rings. The molecule has 3 aromatic rings. The van der Waals surface area contributed by atoms with Crippen LogP contribution in [0, 0.1) is 20.8 Å². The maximum Gasteiger partial charge on any atom is 0.239 e. The van der Waals surface area contributed by atoms with Crippen molar-refractivity contribution in [2.45, 2.75) is 32.3 Å². The second kappa shape index (κ2) is 8.74. The van der Waals surface area contributed by atoms with Gasteiger partial charge in [0.25, 0.3) is 0 Å². The van der Waals surface area contributed by atoms with E-state index in [9.17, 15) is 9.59 Å². The minimum Gasteiger partial charge on any atom is -0.467 e. The second-order valence-electron chi connectivity index (χ2n) is 6.43. The highest BCUT2D eigenvalue weighted by Crippen LogP contribution is 2.35. The maximum absolute atomic E-state index is 12.5. The van der Waals surface area contributed by atoms with Gasteiger partial charge in [0.15, 0.2) is 0 Å². The van der Waals surface area contributed by atoms with Gasteiger partial charge in [0.2, 0.25) is 11.8 Å². The normalized spacial score (nSPS) is 11.0. The van der Waals surface area contributed by atoms with Crippen LogP contribution in [0.4, 0.5) is 0 Å². The first-order valence-corrected chi connectivity index (χ1v) is 10.6. The SMILES string of the molecule is Cc1nc(SCC(=O)N(C)CC(=O)NCc2ccco2)c2c(C)c(C)sc2n1. The van der Waals surface area contributed by atoms with Crippen LogP contribution in [-0.2, 0) is 16.1 Å². The van der Waals surface area contributed by atoms with E-state index in [4.69, 9.17) is 4.42 Å². The van der Waals surface area contributed by atoms with Crippen LogP contribution in [0.25, 0.3) is 10.2 Å². The summed E-state index contributed by atoms with van der Waals surface area (Å²) in [6, 6.07) is 3.54. The Morgan fingerprint density at radius 2 is 2.07 bits per heavy atom. The number of nitrogens with one attached hydrogen (secondary N) is 1. The Hall–Kier alpha value is -2.39. The highest BCUT2D eigenvalue weighted by Gasteiger charge is 2.17. The van der Waals surface area contributed by atoms with E-state index in [1.165, 1.54) is 21.5 Å². The Morgan fingerprint density at radius 3 is 2.79 bits per heavy atom. The minimum atomic E-state index is -0.234. The molecule has 0 aromatic carbocycles. The molecule has 3 rings (SSSR count). The quantitative estimate of drug-likeness (QED) is 0.469. The Morgan fingerprint density at radius 1 is 1.29 bits per heavy atom.